The number of aryl methyl sites for hydroxylation is 2. The minimum Gasteiger partial charge on any atom is -0.488 e. The summed E-state index contributed by atoms with van der Waals surface area (Å²) < 4.78 is 8.24. The molecule has 32 heavy (non-hydrogen) atoms. The van der Waals surface area contributed by atoms with Crippen molar-refractivity contribution in [3.8, 4) is 17.1 Å². The first kappa shape index (κ1) is 20.2. The van der Waals surface area contributed by atoms with E-state index in [0.29, 0.717) is 21.9 Å². The van der Waals surface area contributed by atoms with Crippen molar-refractivity contribution in [1.29, 1.82) is 0 Å². The molecule has 0 atom stereocenters. The molecule has 158 valence electrons. The lowest BCUT2D eigenvalue weighted by molar-refractivity contribution is 0.305. The molecule has 5 nitrogen and oxygen atoms in total. The van der Waals surface area contributed by atoms with Crippen LogP contribution in [0.15, 0.2) is 77.6 Å². The van der Waals surface area contributed by atoms with Gasteiger partial charge in [-0.2, -0.15) is 0 Å². The highest BCUT2D eigenvalue weighted by atomic mass is 32.1. The molecular formula is C26H21N3O2S. The number of hydrogen-bond acceptors (Lipinski definition) is 5. The zero-order valence-electron chi connectivity index (χ0n) is 17.8. The van der Waals surface area contributed by atoms with Crippen LogP contribution in [-0.2, 0) is 6.61 Å². The summed E-state index contributed by atoms with van der Waals surface area (Å²) in [4.78, 5) is 13.8. The molecule has 0 aliphatic rings. The molecular weight excluding hydrogens is 418 g/mol. The van der Waals surface area contributed by atoms with Gasteiger partial charge in [-0.3, -0.25) is 4.79 Å². The number of nitrogens with zero attached hydrogens (tertiary/aromatic N) is 3. The van der Waals surface area contributed by atoms with Gasteiger partial charge in [0.25, 0.3) is 5.56 Å². The SMILES string of the molecule is Cc1ccc(COc2ccccc2/C=c2/sc3nnc(-c4ccc(C)cc4)n3c2=O)cc1. The Labute approximate surface area is 189 Å². The highest BCUT2D eigenvalue weighted by Crippen LogP contribution is 2.21. The standard InChI is InChI=1S/C26H21N3O2S/c1-17-7-11-19(12-8-17)16-31-22-6-4-3-5-21(22)15-23-25(30)29-24(27-28-26(29)32-23)20-13-9-18(2)10-14-20/h3-15H,16H2,1-2H3/b23-15+. The summed E-state index contributed by atoms with van der Waals surface area (Å²) >= 11 is 1.33. The molecule has 5 rings (SSSR count). The molecule has 6 heteroatoms. The molecule has 0 saturated carbocycles. The summed E-state index contributed by atoms with van der Waals surface area (Å²) in [7, 11) is 0. The van der Waals surface area contributed by atoms with Crippen LogP contribution in [0.1, 0.15) is 22.3 Å². The summed E-state index contributed by atoms with van der Waals surface area (Å²) in [5, 5.41) is 8.46. The first-order chi connectivity index (χ1) is 15.6. The normalized spacial score (nSPS) is 11.9. The van der Waals surface area contributed by atoms with Gasteiger partial charge in [-0.15, -0.1) is 10.2 Å². The minimum atomic E-state index is -0.126. The van der Waals surface area contributed by atoms with E-state index in [0.717, 1.165) is 28.0 Å². The van der Waals surface area contributed by atoms with Crippen LogP contribution in [0.2, 0.25) is 0 Å². The van der Waals surface area contributed by atoms with Crippen molar-refractivity contribution in [2.75, 3.05) is 0 Å². The smallest absolute Gasteiger partial charge is 0.276 e. The van der Waals surface area contributed by atoms with E-state index in [4.69, 9.17) is 4.74 Å². The number of para-hydroxylation sites is 1. The Balaban J connectivity index is 1.51. The summed E-state index contributed by atoms with van der Waals surface area (Å²) in [5.41, 5.74) is 5.06. The van der Waals surface area contributed by atoms with E-state index in [-0.39, 0.29) is 5.56 Å². The molecule has 0 fully saturated rings. The molecule has 0 aliphatic carbocycles. The van der Waals surface area contributed by atoms with Crippen LogP contribution < -0.4 is 14.8 Å². The van der Waals surface area contributed by atoms with Crippen LogP contribution in [0.25, 0.3) is 22.4 Å². The fourth-order valence-corrected chi connectivity index (χ4v) is 4.37. The second-order valence-electron chi connectivity index (χ2n) is 7.74. The van der Waals surface area contributed by atoms with Crippen LogP contribution in [0.5, 0.6) is 5.75 Å². The molecule has 0 bridgehead atoms. The summed E-state index contributed by atoms with van der Waals surface area (Å²) in [6, 6.07) is 23.9. The number of thiazole rings is 1. The number of benzene rings is 3. The maximum Gasteiger partial charge on any atom is 0.276 e. The van der Waals surface area contributed by atoms with Crippen molar-refractivity contribution < 1.29 is 4.74 Å². The van der Waals surface area contributed by atoms with Crippen LogP contribution in [0.4, 0.5) is 0 Å². The largest absolute Gasteiger partial charge is 0.488 e. The maximum absolute atomic E-state index is 13.2. The van der Waals surface area contributed by atoms with Gasteiger partial charge in [0.2, 0.25) is 4.96 Å². The Kier molecular flexibility index (Phi) is 5.29. The molecule has 5 aromatic rings. The first-order valence-corrected chi connectivity index (χ1v) is 11.1. The summed E-state index contributed by atoms with van der Waals surface area (Å²) in [6.45, 7) is 4.55. The third kappa shape index (κ3) is 3.92. The Morgan fingerprint density at radius 1 is 0.906 bits per heavy atom. The van der Waals surface area contributed by atoms with Crippen LogP contribution in [0.3, 0.4) is 0 Å². The van der Waals surface area contributed by atoms with Crippen molar-refractivity contribution >= 4 is 22.4 Å². The molecule has 0 N–H and O–H groups in total. The zero-order valence-corrected chi connectivity index (χ0v) is 18.6. The minimum absolute atomic E-state index is 0.126. The number of ether oxygens (including phenoxy) is 1. The third-order valence-corrected chi connectivity index (χ3v) is 6.24. The molecule has 2 aromatic heterocycles. The van der Waals surface area contributed by atoms with Gasteiger partial charge in [-0.05, 0) is 31.6 Å². The monoisotopic (exact) mass is 439 g/mol. The predicted molar refractivity (Wildman–Crippen MR) is 128 cm³/mol. The van der Waals surface area contributed by atoms with Crippen molar-refractivity contribution in [1.82, 2.24) is 14.6 Å². The van der Waals surface area contributed by atoms with Gasteiger partial charge in [0.15, 0.2) is 5.82 Å². The van der Waals surface area contributed by atoms with E-state index in [1.165, 1.54) is 16.9 Å². The van der Waals surface area contributed by atoms with Crippen molar-refractivity contribution in [3.05, 3.63) is 110 Å². The molecule has 2 heterocycles. The second kappa shape index (κ2) is 8.40. The average Bonchev–Trinajstić information content (AvgIpc) is 3.35. The van der Waals surface area contributed by atoms with Gasteiger partial charge in [-0.1, -0.05) is 89.2 Å². The van der Waals surface area contributed by atoms with Gasteiger partial charge in [-0.25, -0.2) is 4.40 Å². The average molecular weight is 440 g/mol. The topological polar surface area (TPSA) is 56.5 Å². The van der Waals surface area contributed by atoms with E-state index in [1.54, 1.807) is 4.40 Å². The van der Waals surface area contributed by atoms with E-state index in [2.05, 4.69) is 41.4 Å². The van der Waals surface area contributed by atoms with E-state index in [1.807, 2.05) is 61.5 Å². The molecule has 0 amide bonds. The van der Waals surface area contributed by atoms with Gasteiger partial charge in [0.1, 0.15) is 12.4 Å². The van der Waals surface area contributed by atoms with E-state index >= 15 is 0 Å². The zero-order chi connectivity index (χ0) is 22.1. The molecule has 0 aliphatic heterocycles. The lowest BCUT2D eigenvalue weighted by atomic mass is 10.1. The quantitative estimate of drug-likeness (QED) is 0.403. The van der Waals surface area contributed by atoms with Crippen LogP contribution >= 0.6 is 11.3 Å². The Morgan fingerprint density at radius 3 is 2.34 bits per heavy atom. The Bertz CT molecular complexity index is 1500. The van der Waals surface area contributed by atoms with Gasteiger partial charge in [0, 0.05) is 11.1 Å². The van der Waals surface area contributed by atoms with Crippen LogP contribution in [-0.4, -0.2) is 14.6 Å². The fourth-order valence-electron chi connectivity index (χ4n) is 3.47. The van der Waals surface area contributed by atoms with Crippen molar-refractivity contribution in [3.63, 3.8) is 0 Å². The Morgan fingerprint density at radius 2 is 1.59 bits per heavy atom. The molecule has 3 aromatic carbocycles. The second-order valence-corrected chi connectivity index (χ2v) is 8.74. The Hall–Kier alpha value is -3.77. The van der Waals surface area contributed by atoms with Crippen molar-refractivity contribution in [2.45, 2.75) is 20.5 Å². The predicted octanol–water partition coefficient (Wildman–Crippen LogP) is 4.56. The fraction of sp³-hybridized carbons (Fsp3) is 0.115. The molecule has 0 saturated heterocycles. The lowest BCUT2D eigenvalue weighted by Crippen LogP contribution is -2.23. The molecule has 0 radical (unpaired) electrons. The molecule has 0 unspecified atom stereocenters. The maximum atomic E-state index is 13.2. The highest BCUT2D eigenvalue weighted by Gasteiger charge is 2.14. The number of fused-ring (bicyclic) bond motifs is 1. The van der Waals surface area contributed by atoms with E-state index < -0.39 is 0 Å². The summed E-state index contributed by atoms with van der Waals surface area (Å²) in [6.07, 6.45) is 1.87. The third-order valence-electron chi connectivity index (χ3n) is 5.28. The highest BCUT2D eigenvalue weighted by molar-refractivity contribution is 7.15. The van der Waals surface area contributed by atoms with Crippen molar-refractivity contribution in [2.24, 2.45) is 0 Å². The number of hydrogen-bond donors (Lipinski definition) is 0. The lowest BCUT2D eigenvalue weighted by Gasteiger charge is -2.09. The van der Waals surface area contributed by atoms with Gasteiger partial charge >= 0.3 is 0 Å². The first-order valence-electron chi connectivity index (χ1n) is 10.3. The summed E-state index contributed by atoms with van der Waals surface area (Å²) in [5.74, 6) is 1.29. The van der Waals surface area contributed by atoms with Gasteiger partial charge < -0.3 is 4.74 Å². The number of rotatable bonds is 5. The van der Waals surface area contributed by atoms with E-state index in [9.17, 15) is 4.79 Å². The van der Waals surface area contributed by atoms with Gasteiger partial charge in [0.05, 0.1) is 4.53 Å². The van der Waals surface area contributed by atoms with Crippen LogP contribution in [0, 0.1) is 13.8 Å². The molecule has 0 spiro atoms. The number of aromatic nitrogens is 3.